The van der Waals surface area contributed by atoms with Gasteiger partial charge in [-0.1, -0.05) is 12.1 Å². The van der Waals surface area contributed by atoms with Crippen LogP contribution in [0.25, 0.3) is 6.08 Å². The number of aliphatic carboxylic acids is 1. The van der Waals surface area contributed by atoms with Gasteiger partial charge in [0, 0.05) is 6.92 Å². The number of carboxylic acid groups (broad SMARTS) is 1. The molecule has 0 unspecified atom stereocenters. The van der Waals surface area contributed by atoms with Gasteiger partial charge in [-0.2, -0.15) is 5.26 Å². The number of carbonyl (C=O) groups is 2. The average molecular weight is 230 g/mol. The van der Waals surface area contributed by atoms with Crippen molar-refractivity contribution in [2.75, 3.05) is 0 Å². The van der Waals surface area contributed by atoms with E-state index in [1.807, 2.05) is 6.07 Å². The van der Waals surface area contributed by atoms with Crippen molar-refractivity contribution >= 4 is 18.0 Å². The number of rotatable bonds is 3. The quantitative estimate of drug-likeness (QED) is 0.761. The number of nitrogens with zero attached hydrogens (tertiary/aromatic N) is 1. The van der Waals surface area contributed by atoms with Crippen molar-refractivity contribution < 1.29 is 14.7 Å². The second-order valence-corrected chi connectivity index (χ2v) is 3.28. The predicted molar refractivity (Wildman–Crippen MR) is 60.6 cm³/mol. The van der Waals surface area contributed by atoms with E-state index in [1.165, 1.54) is 19.1 Å². The normalized spacial score (nSPS) is 10.5. The first-order valence-corrected chi connectivity index (χ1v) is 4.75. The molecule has 0 saturated carbocycles. The molecule has 86 valence electrons. The molecule has 5 heteroatoms. The summed E-state index contributed by atoms with van der Waals surface area (Å²) in [6, 6.07) is 8.37. The maximum absolute atomic E-state index is 10.8. The number of hydrogen-bond acceptors (Lipinski definition) is 3. The van der Waals surface area contributed by atoms with Gasteiger partial charge < -0.3 is 10.4 Å². The minimum absolute atomic E-state index is 0.229. The Hall–Kier alpha value is -2.61. The Kier molecular flexibility index (Phi) is 4.01. The van der Waals surface area contributed by atoms with E-state index < -0.39 is 11.9 Å². The Morgan fingerprint density at radius 2 is 2.18 bits per heavy atom. The zero-order valence-corrected chi connectivity index (χ0v) is 9.10. The van der Waals surface area contributed by atoms with Crippen LogP contribution < -0.4 is 5.32 Å². The highest BCUT2D eigenvalue weighted by atomic mass is 16.4. The van der Waals surface area contributed by atoms with E-state index in [4.69, 9.17) is 10.4 Å². The minimum atomic E-state index is -1.23. The van der Waals surface area contributed by atoms with Gasteiger partial charge in [0.05, 0.1) is 11.6 Å². The summed E-state index contributed by atoms with van der Waals surface area (Å²) in [6.45, 7) is 1.22. The molecule has 1 rings (SSSR count). The van der Waals surface area contributed by atoms with Gasteiger partial charge in [-0.25, -0.2) is 4.79 Å². The third-order valence-electron chi connectivity index (χ3n) is 1.87. The average Bonchev–Trinajstić information content (AvgIpc) is 2.27. The maximum atomic E-state index is 10.8. The summed E-state index contributed by atoms with van der Waals surface area (Å²) in [5.74, 6) is -1.70. The molecule has 0 aliphatic rings. The van der Waals surface area contributed by atoms with Gasteiger partial charge in [0.25, 0.3) is 0 Å². The number of carbonyl (C=O) groups excluding carboxylic acids is 1. The van der Waals surface area contributed by atoms with E-state index in [9.17, 15) is 9.59 Å². The molecule has 0 radical (unpaired) electrons. The largest absolute Gasteiger partial charge is 0.477 e. The highest BCUT2D eigenvalue weighted by molar-refractivity contribution is 5.96. The third kappa shape index (κ3) is 3.80. The van der Waals surface area contributed by atoms with E-state index in [1.54, 1.807) is 18.2 Å². The second-order valence-electron chi connectivity index (χ2n) is 3.28. The Labute approximate surface area is 98.0 Å². The summed E-state index contributed by atoms with van der Waals surface area (Å²) < 4.78 is 0. The van der Waals surface area contributed by atoms with Crippen LogP contribution in [-0.4, -0.2) is 17.0 Å². The van der Waals surface area contributed by atoms with Crippen molar-refractivity contribution in [3.63, 3.8) is 0 Å². The van der Waals surface area contributed by atoms with Crippen LogP contribution in [0.3, 0.4) is 0 Å². The van der Waals surface area contributed by atoms with Gasteiger partial charge in [0.15, 0.2) is 0 Å². The van der Waals surface area contributed by atoms with Crippen LogP contribution in [0.5, 0.6) is 0 Å². The van der Waals surface area contributed by atoms with E-state index in [0.29, 0.717) is 11.1 Å². The number of nitriles is 1. The molecule has 0 heterocycles. The van der Waals surface area contributed by atoms with Gasteiger partial charge in [-0.15, -0.1) is 0 Å². The first-order valence-electron chi connectivity index (χ1n) is 4.75. The molecule has 0 aliphatic heterocycles. The topological polar surface area (TPSA) is 90.2 Å². The fourth-order valence-corrected chi connectivity index (χ4v) is 1.21. The third-order valence-corrected chi connectivity index (χ3v) is 1.87. The van der Waals surface area contributed by atoms with Crippen LogP contribution >= 0.6 is 0 Å². The van der Waals surface area contributed by atoms with Crippen molar-refractivity contribution in [2.45, 2.75) is 6.92 Å². The number of nitrogens with one attached hydrogen (secondary N) is 1. The first-order chi connectivity index (χ1) is 8.02. The van der Waals surface area contributed by atoms with Crippen molar-refractivity contribution in [1.82, 2.24) is 5.32 Å². The van der Waals surface area contributed by atoms with Gasteiger partial charge in [-0.3, -0.25) is 4.79 Å². The predicted octanol–water partition coefficient (Wildman–Crippen LogP) is 1.12. The van der Waals surface area contributed by atoms with Crippen LogP contribution in [0.2, 0.25) is 0 Å². The zero-order valence-electron chi connectivity index (χ0n) is 9.10. The monoisotopic (exact) mass is 230 g/mol. The van der Waals surface area contributed by atoms with Crippen LogP contribution in [0.15, 0.2) is 30.0 Å². The lowest BCUT2D eigenvalue weighted by Gasteiger charge is -2.02. The molecule has 0 bridgehead atoms. The summed E-state index contributed by atoms with van der Waals surface area (Å²) in [7, 11) is 0. The van der Waals surface area contributed by atoms with E-state index >= 15 is 0 Å². The Morgan fingerprint density at radius 1 is 1.47 bits per heavy atom. The molecule has 17 heavy (non-hydrogen) atoms. The van der Waals surface area contributed by atoms with E-state index in [2.05, 4.69) is 5.32 Å². The molecule has 1 amide bonds. The lowest BCUT2D eigenvalue weighted by molar-refractivity contribution is -0.134. The molecule has 0 saturated heterocycles. The molecule has 5 nitrogen and oxygen atoms in total. The molecule has 0 atom stereocenters. The summed E-state index contributed by atoms with van der Waals surface area (Å²) in [6.07, 6.45) is 1.30. The second kappa shape index (κ2) is 5.47. The summed E-state index contributed by atoms with van der Waals surface area (Å²) in [5.41, 5.74) is 0.731. The molecule has 1 aromatic carbocycles. The Balaban J connectivity index is 3.08. The summed E-state index contributed by atoms with van der Waals surface area (Å²) in [4.78, 5) is 21.7. The Bertz CT molecular complexity index is 527. The van der Waals surface area contributed by atoms with Gasteiger partial charge in [0.2, 0.25) is 5.91 Å². The molecule has 2 N–H and O–H groups in total. The van der Waals surface area contributed by atoms with Gasteiger partial charge in [0.1, 0.15) is 5.70 Å². The number of amides is 1. The minimum Gasteiger partial charge on any atom is -0.477 e. The number of benzene rings is 1. The lowest BCUT2D eigenvalue weighted by Crippen LogP contribution is -2.24. The SMILES string of the molecule is CC(=O)N/C(=C/c1cccc(C#N)c1)C(=O)O. The molecule has 0 fully saturated rings. The first kappa shape index (κ1) is 12.5. The van der Waals surface area contributed by atoms with Crippen molar-refractivity contribution in [1.29, 1.82) is 5.26 Å². The van der Waals surface area contributed by atoms with Gasteiger partial charge in [-0.05, 0) is 23.8 Å². The smallest absolute Gasteiger partial charge is 0.352 e. The molecule has 0 aliphatic carbocycles. The van der Waals surface area contributed by atoms with Gasteiger partial charge >= 0.3 is 5.97 Å². The highest BCUT2D eigenvalue weighted by Gasteiger charge is 2.08. The van der Waals surface area contributed by atoms with E-state index in [0.717, 1.165) is 0 Å². The summed E-state index contributed by atoms with van der Waals surface area (Å²) >= 11 is 0. The maximum Gasteiger partial charge on any atom is 0.352 e. The van der Waals surface area contributed by atoms with Crippen molar-refractivity contribution in [3.8, 4) is 6.07 Å². The number of hydrogen-bond donors (Lipinski definition) is 2. The van der Waals surface area contributed by atoms with Crippen molar-refractivity contribution in [2.24, 2.45) is 0 Å². The standard InChI is InChI=1S/C12H10N2O3/c1-8(15)14-11(12(16)17)6-9-3-2-4-10(5-9)7-13/h2-6H,1H3,(H,14,15)(H,16,17)/b11-6+. The van der Waals surface area contributed by atoms with Crippen LogP contribution in [-0.2, 0) is 9.59 Å². The zero-order chi connectivity index (χ0) is 12.8. The number of carboxylic acids is 1. The fourth-order valence-electron chi connectivity index (χ4n) is 1.21. The highest BCUT2D eigenvalue weighted by Crippen LogP contribution is 2.08. The molecular weight excluding hydrogens is 220 g/mol. The molecule has 1 aromatic rings. The van der Waals surface area contributed by atoms with Crippen LogP contribution in [0, 0.1) is 11.3 Å². The van der Waals surface area contributed by atoms with Crippen LogP contribution in [0.1, 0.15) is 18.1 Å². The van der Waals surface area contributed by atoms with E-state index in [-0.39, 0.29) is 5.70 Å². The molecule has 0 spiro atoms. The Morgan fingerprint density at radius 3 is 2.71 bits per heavy atom. The lowest BCUT2D eigenvalue weighted by atomic mass is 10.1. The van der Waals surface area contributed by atoms with Crippen molar-refractivity contribution in [3.05, 3.63) is 41.1 Å². The molecular formula is C12H10N2O3. The summed E-state index contributed by atoms with van der Waals surface area (Å²) in [5, 5.41) is 19.8. The molecule has 0 aromatic heterocycles. The van der Waals surface area contributed by atoms with Crippen LogP contribution in [0.4, 0.5) is 0 Å². The fraction of sp³-hybridized carbons (Fsp3) is 0.0833.